The van der Waals surface area contributed by atoms with Gasteiger partial charge in [0, 0.05) is 23.2 Å². The molecule has 0 spiro atoms. The summed E-state index contributed by atoms with van der Waals surface area (Å²) < 4.78 is 1.76. The number of aliphatic hydroxyl groups is 1. The maximum Gasteiger partial charge on any atom is 0.0696 e. The van der Waals surface area contributed by atoms with Crippen molar-refractivity contribution in [3.63, 3.8) is 0 Å². The zero-order valence-corrected chi connectivity index (χ0v) is 10.3. The van der Waals surface area contributed by atoms with Gasteiger partial charge in [-0.15, -0.1) is 0 Å². The lowest BCUT2D eigenvalue weighted by Crippen LogP contribution is -1.85. The van der Waals surface area contributed by atoms with E-state index in [-0.39, 0.29) is 6.61 Å². The van der Waals surface area contributed by atoms with Crippen molar-refractivity contribution in [2.24, 2.45) is 7.05 Å². The Morgan fingerprint density at radius 3 is 2.81 bits per heavy atom. The van der Waals surface area contributed by atoms with Crippen LogP contribution in [-0.2, 0) is 13.7 Å². The van der Waals surface area contributed by atoms with Crippen LogP contribution in [0.4, 0.5) is 0 Å². The third-order valence-corrected chi connectivity index (χ3v) is 3.40. The van der Waals surface area contributed by atoms with Gasteiger partial charge in [-0.05, 0) is 17.7 Å². The fourth-order valence-electron chi connectivity index (χ4n) is 1.31. The Morgan fingerprint density at radius 2 is 2.25 bits per heavy atom. The van der Waals surface area contributed by atoms with Gasteiger partial charge in [-0.3, -0.25) is 4.68 Å². The third kappa shape index (κ3) is 2.58. The molecule has 0 fully saturated rings. The molecule has 16 heavy (non-hydrogen) atoms. The van der Waals surface area contributed by atoms with E-state index in [1.807, 2.05) is 31.4 Å². The van der Waals surface area contributed by atoms with Crippen LogP contribution in [0.1, 0.15) is 5.56 Å². The average Bonchev–Trinajstić information content (AvgIpc) is 2.64. The lowest BCUT2D eigenvalue weighted by molar-refractivity contribution is 0.282. The minimum atomic E-state index is -0.0311. The summed E-state index contributed by atoms with van der Waals surface area (Å²) in [4.78, 5) is 2.10. The summed E-state index contributed by atoms with van der Waals surface area (Å²) in [7, 11) is 1.88. The maximum absolute atomic E-state index is 9.00. The first-order chi connectivity index (χ1) is 7.69. The number of nitrogens with zero attached hydrogens (tertiary/aromatic N) is 2. The van der Waals surface area contributed by atoms with E-state index in [1.54, 1.807) is 22.6 Å². The second-order valence-corrected chi connectivity index (χ2v) is 4.92. The molecule has 2 aromatic rings. The predicted octanol–water partition coefficient (Wildman–Crippen LogP) is 2.72. The van der Waals surface area contributed by atoms with Gasteiger partial charge in [0.05, 0.1) is 17.7 Å². The van der Waals surface area contributed by atoms with Crippen LogP contribution >= 0.6 is 23.4 Å². The maximum atomic E-state index is 9.00. The van der Waals surface area contributed by atoms with E-state index in [1.165, 1.54) is 0 Å². The first-order valence-electron chi connectivity index (χ1n) is 4.75. The van der Waals surface area contributed by atoms with Crippen LogP contribution in [0.3, 0.4) is 0 Å². The Morgan fingerprint density at radius 1 is 1.44 bits per heavy atom. The molecule has 0 amide bonds. The number of hydrogen-bond acceptors (Lipinski definition) is 3. The van der Waals surface area contributed by atoms with Crippen LogP contribution in [0.5, 0.6) is 0 Å². The Bertz CT molecular complexity index is 498. The monoisotopic (exact) mass is 254 g/mol. The molecule has 0 aliphatic carbocycles. The Hall–Kier alpha value is -0.970. The molecule has 1 N–H and O–H groups in total. The smallest absolute Gasteiger partial charge is 0.0696 e. The van der Waals surface area contributed by atoms with Gasteiger partial charge in [-0.25, -0.2) is 0 Å². The molecular weight excluding hydrogens is 244 g/mol. The molecule has 1 aromatic carbocycles. The Balaban J connectivity index is 2.19. The van der Waals surface area contributed by atoms with Gasteiger partial charge in [0.2, 0.25) is 0 Å². The lowest BCUT2D eigenvalue weighted by Gasteiger charge is -2.03. The number of aromatic nitrogens is 2. The molecule has 0 aliphatic heterocycles. The topological polar surface area (TPSA) is 38.0 Å². The molecule has 1 aromatic heterocycles. The van der Waals surface area contributed by atoms with Crippen molar-refractivity contribution in [2.45, 2.75) is 16.4 Å². The number of aryl methyl sites for hydroxylation is 1. The summed E-state index contributed by atoms with van der Waals surface area (Å²) in [6, 6.07) is 5.63. The Labute approximate surface area is 103 Å². The van der Waals surface area contributed by atoms with Crippen molar-refractivity contribution < 1.29 is 5.11 Å². The summed E-state index contributed by atoms with van der Waals surface area (Å²) in [6.07, 6.45) is 3.75. The number of aliphatic hydroxyl groups excluding tert-OH is 1. The van der Waals surface area contributed by atoms with Crippen molar-refractivity contribution in [2.75, 3.05) is 0 Å². The molecule has 84 valence electrons. The minimum absolute atomic E-state index is 0.0311. The summed E-state index contributed by atoms with van der Waals surface area (Å²) in [5.74, 6) is 0. The van der Waals surface area contributed by atoms with Gasteiger partial charge in [0.15, 0.2) is 0 Å². The van der Waals surface area contributed by atoms with Crippen LogP contribution in [0.2, 0.25) is 5.02 Å². The van der Waals surface area contributed by atoms with Crippen molar-refractivity contribution in [3.8, 4) is 0 Å². The largest absolute Gasteiger partial charge is 0.392 e. The quantitative estimate of drug-likeness (QED) is 0.915. The molecule has 0 radical (unpaired) electrons. The molecule has 0 bridgehead atoms. The minimum Gasteiger partial charge on any atom is -0.392 e. The number of rotatable bonds is 3. The van der Waals surface area contributed by atoms with E-state index in [4.69, 9.17) is 16.7 Å². The van der Waals surface area contributed by atoms with E-state index in [0.29, 0.717) is 5.02 Å². The van der Waals surface area contributed by atoms with Gasteiger partial charge in [0.1, 0.15) is 0 Å². The first kappa shape index (κ1) is 11.5. The summed E-state index contributed by atoms with van der Waals surface area (Å²) in [5, 5.41) is 13.7. The van der Waals surface area contributed by atoms with Crippen molar-refractivity contribution in [1.82, 2.24) is 9.78 Å². The van der Waals surface area contributed by atoms with Gasteiger partial charge in [0.25, 0.3) is 0 Å². The van der Waals surface area contributed by atoms with Gasteiger partial charge in [-0.1, -0.05) is 29.4 Å². The van der Waals surface area contributed by atoms with Crippen LogP contribution in [0.25, 0.3) is 0 Å². The normalized spacial score (nSPS) is 10.7. The van der Waals surface area contributed by atoms with Crippen molar-refractivity contribution in [1.29, 1.82) is 0 Å². The standard InChI is InChI=1S/C11H11ClN2OS/c1-14-6-10(5-13-14)16-9-3-2-8(7-15)11(12)4-9/h2-6,15H,7H2,1H3. The molecule has 0 saturated carbocycles. The second-order valence-electron chi connectivity index (χ2n) is 3.36. The van der Waals surface area contributed by atoms with E-state index in [0.717, 1.165) is 15.4 Å². The van der Waals surface area contributed by atoms with E-state index < -0.39 is 0 Å². The van der Waals surface area contributed by atoms with Crippen LogP contribution in [-0.4, -0.2) is 14.9 Å². The zero-order valence-electron chi connectivity index (χ0n) is 8.72. The van der Waals surface area contributed by atoms with E-state index in [9.17, 15) is 0 Å². The Kier molecular flexibility index (Phi) is 3.53. The lowest BCUT2D eigenvalue weighted by atomic mass is 10.2. The fourth-order valence-corrected chi connectivity index (χ4v) is 2.50. The average molecular weight is 255 g/mol. The molecular formula is C11H11ClN2OS. The van der Waals surface area contributed by atoms with Crippen molar-refractivity contribution in [3.05, 3.63) is 41.2 Å². The summed E-state index contributed by atoms with van der Waals surface area (Å²) in [6.45, 7) is -0.0311. The SMILES string of the molecule is Cn1cc(Sc2ccc(CO)c(Cl)c2)cn1. The van der Waals surface area contributed by atoms with Gasteiger partial charge in [-0.2, -0.15) is 5.10 Å². The summed E-state index contributed by atoms with van der Waals surface area (Å²) in [5.41, 5.74) is 0.747. The van der Waals surface area contributed by atoms with E-state index >= 15 is 0 Å². The highest BCUT2D eigenvalue weighted by atomic mass is 35.5. The van der Waals surface area contributed by atoms with Crippen molar-refractivity contribution >= 4 is 23.4 Å². The first-order valence-corrected chi connectivity index (χ1v) is 5.94. The van der Waals surface area contributed by atoms with Gasteiger partial charge >= 0.3 is 0 Å². The number of benzene rings is 1. The molecule has 2 rings (SSSR count). The molecule has 5 heteroatoms. The highest BCUT2D eigenvalue weighted by Gasteiger charge is 2.03. The van der Waals surface area contributed by atoms with Gasteiger partial charge < -0.3 is 5.11 Å². The highest BCUT2D eigenvalue weighted by Crippen LogP contribution is 2.30. The fraction of sp³-hybridized carbons (Fsp3) is 0.182. The number of hydrogen-bond donors (Lipinski definition) is 1. The molecule has 1 heterocycles. The van der Waals surface area contributed by atoms with Crippen LogP contribution in [0, 0.1) is 0 Å². The summed E-state index contributed by atoms with van der Waals surface area (Å²) >= 11 is 7.60. The molecule has 3 nitrogen and oxygen atoms in total. The van der Waals surface area contributed by atoms with E-state index in [2.05, 4.69) is 5.10 Å². The molecule has 0 unspecified atom stereocenters. The van der Waals surface area contributed by atoms with Crippen LogP contribution < -0.4 is 0 Å². The highest BCUT2D eigenvalue weighted by molar-refractivity contribution is 7.99. The molecule has 0 saturated heterocycles. The second kappa shape index (κ2) is 4.91. The van der Waals surface area contributed by atoms with Crippen LogP contribution in [0.15, 0.2) is 40.4 Å². The molecule has 0 atom stereocenters. The predicted molar refractivity (Wildman–Crippen MR) is 64.7 cm³/mol. The number of halogens is 1. The molecule has 0 aliphatic rings. The third-order valence-electron chi connectivity index (χ3n) is 2.11. The zero-order chi connectivity index (χ0) is 11.5.